The zero-order chi connectivity index (χ0) is 20.4. The van der Waals surface area contributed by atoms with E-state index in [9.17, 15) is 9.36 Å². The summed E-state index contributed by atoms with van der Waals surface area (Å²) in [6.45, 7) is 5.62. The van der Waals surface area contributed by atoms with Crippen molar-refractivity contribution in [2.75, 3.05) is 19.4 Å². The van der Waals surface area contributed by atoms with Crippen LogP contribution in [-0.2, 0) is 23.4 Å². The van der Waals surface area contributed by atoms with Crippen molar-refractivity contribution in [2.24, 2.45) is 0 Å². The minimum atomic E-state index is -3.91. The molecule has 8 nitrogen and oxygen atoms in total. The van der Waals surface area contributed by atoms with Gasteiger partial charge in [0, 0.05) is 0 Å². The minimum absolute atomic E-state index is 0.167. The van der Waals surface area contributed by atoms with Crippen LogP contribution in [0.25, 0.3) is 0 Å². The van der Waals surface area contributed by atoms with Crippen molar-refractivity contribution in [3.63, 3.8) is 0 Å². The average molecular weight is 409 g/mol. The highest BCUT2D eigenvalue weighted by Crippen LogP contribution is 2.47. The number of aryl methyl sites for hydroxylation is 2. The molecule has 0 aliphatic rings. The van der Waals surface area contributed by atoms with Gasteiger partial charge in [0.25, 0.3) is 0 Å². The number of carbonyl (C=O) groups excluding carboxylic acids is 1. The first-order valence-electron chi connectivity index (χ1n) is 8.71. The summed E-state index contributed by atoms with van der Waals surface area (Å²) >= 11 is 0. The highest BCUT2D eigenvalue weighted by molar-refractivity contribution is 7.53. The Bertz CT molecular complexity index is 739. The Morgan fingerprint density at radius 3 is 1.79 bits per heavy atom. The van der Waals surface area contributed by atoms with Gasteiger partial charge >= 0.3 is 13.6 Å². The summed E-state index contributed by atoms with van der Waals surface area (Å²) < 4.78 is 27.8. The third-order valence-electron chi connectivity index (χ3n) is 3.42. The predicted molar refractivity (Wildman–Crippen MR) is 103 cm³/mol. The van der Waals surface area contributed by atoms with Gasteiger partial charge in [-0.15, -0.1) is 0 Å². The average Bonchev–Trinajstić information content (AvgIpc) is 2.67. The van der Waals surface area contributed by atoms with E-state index in [0.717, 1.165) is 11.1 Å². The molecule has 2 aromatic rings. The fourth-order valence-electron chi connectivity index (χ4n) is 1.96. The lowest BCUT2D eigenvalue weighted by Crippen LogP contribution is -2.27. The zero-order valence-electron chi connectivity index (χ0n) is 16.0. The Morgan fingerprint density at radius 2 is 1.36 bits per heavy atom. The molecule has 0 radical (unpaired) electrons. The van der Waals surface area contributed by atoms with E-state index in [-0.39, 0.29) is 19.4 Å². The molecule has 0 amide bonds. The molecule has 0 aromatic heterocycles. The third-order valence-corrected chi connectivity index (χ3v) is 4.63. The quantitative estimate of drug-likeness (QED) is 0.258. The number of ether oxygens (including phenoxy) is 1. The first-order chi connectivity index (χ1) is 13.4. The molecule has 0 fully saturated rings. The first kappa shape index (κ1) is 21.9. The molecular formula is C19H24NO7P. The van der Waals surface area contributed by atoms with Crippen LogP contribution in [0.3, 0.4) is 0 Å². The SMILES string of the molecule is CCOC(=O)CNCP(=O)(OOc1ccc(C)cc1)OOc1ccc(C)cc1. The number of esters is 1. The molecule has 0 atom stereocenters. The monoisotopic (exact) mass is 409 g/mol. The fraction of sp³-hybridized carbons (Fsp3) is 0.316. The van der Waals surface area contributed by atoms with Gasteiger partial charge in [-0.25, -0.2) is 0 Å². The standard InChI is InChI=1S/C19H24NO7P/c1-4-23-19(21)13-20-14-28(22,26-24-17-9-5-15(2)6-10-17)27-25-18-11-7-16(3)8-12-18/h5-12,20H,4,13-14H2,1-3H3. The molecule has 152 valence electrons. The molecule has 9 heteroatoms. The van der Waals surface area contributed by atoms with Crippen LogP contribution in [0.15, 0.2) is 48.5 Å². The zero-order valence-corrected chi connectivity index (χ0v) is 16.9. The molecule has 0 unspecified atom stereocenters. The molecule has 0 heterocycles. The number of carbonyl (C=O) groups is 1. The van der Waals surface area contributed by atoms with Crippen molar-refractivity contribution in [3.8, 4) is 11.5 Å². The second kappa shape index (κ2) is 10.8. The van der Waals surface area contributed by atoms with Crippen molar-refractivity contribution in [2.45, 2.75) is 20.8 Å². The second-order valence-electron chi connectivity index (χ2n) is 5.94. The summed E-state index contributed by atoms with van der Waals surface area (Å²) in [6.07, 6.45) is -0.330. The Labute approximate surface area is 164 Å². The van der Waals surface area contributed by atoms with Gasteiger partial charge < -0.3 is 14.5 Å². The molecule has 0 saturated carbocycles. The number of hydrogen-bond acceptors (Lipinski definition) is 8. The lowest BCUT2D eigenvalue weighted by Gasteiger charge is -2.17. The number of nitrogens with one attached hydrogen (secondary N) is 1. The van der Waals surface area contributed by atoms with Crippen LogP contribution in [0.2, 0.25) is 0 Å². The van der Waals surface area contributed by atoms with Crippen molar-refractivity contribution in [3.05, 3.63) is 59.7 Å². The second-order valence-corrected chi connectivity index (χ2v) is 7.78. The Kier molecular flexibility index (Phi) is 8.47. The van der Waals surface area contributed by atoms with E-state index in [1.807, 2.05) is 38.1 Å². The molecular weight excluding hydrogens is 385 g/mol. The van der Waals surface area contributed by atoms with Crippen LogP contribution in [0.4, 0.5) is 0 Å². The fourth-order valence-corrected chi connectivity index (χ4v) is 2.87. The number of hydrogen-bond donors (Lipinski definition) is 1. The minimum Gasteiger partial charge on any atom is -0.465 e. The molecule has 0 bridgehead atoms. The van der Waals surface area contributed by atoms with E-state index in [0.29, 0.717) is 11.5 Å². The summed E-state index contributed by atoms with van der Waals surface area (Å²) in [5.41, 5.74) is 2.07. The largest absolute Gasteiger partial charge is 0.465 e. The molecule has 0 aliphatic carbocycles. The van der Waals surface area contributed by atoms with Gasteiger partial charge in [-0.05, 0) is 45.0 Å². The predicted octanol–water partition coefficient (Wildman–Crippen LogP) is 3.93. The maximum absolute atomic E-state index is 12.9. The Balaban J connectivity index is 1.98. The van der Waals surface area contributed by atoms with E-state index in [4.69, 9.17) is 23.9 Å². The number of benzene rings is 2. The van der Waals surface area contributed by atoms with Crippen LogP contribution < -0.4 is 15.1 Å². The highest BCUT2D eigenvalue weighted by atomic mass is 31.2. The summed E-state index contributed by atoms with van der Waals surface area (Å²) in [6, 6.07) is 13.9. The van der Waals surface area contributed by atoms with E-state index in [2.05, 4.69) is 5.32 Å². The summed E-state index contributed by atoms with van der Waals surface area (Å²) in [4.78, 5) is 21.7. The van der Waals surface area contributed by atoms with Gasteiger partial charge in [-0.3, -0.25) is 14.7 Å². The Hall–Kier alpha value is -2.38. The molecule has 1 N–H and O–H groups in total. The van der Waals surface area contributed by atoms with Gasteiger partial charge in [-0.2, -0.15) is 0 Å². The molecule has 28 heavy (non-hydrogen) atoms. The molecule has 2 rings (SSSR count). The normalized spacial score (nSPS) is 11.1. The first-order valence-corrected chi connectivity index (χ1v) is 10.4. The van der Waals surface area contributed by atoms with Crippen molar-refractivity contribution in [1.29, 1.82) is 0 Å². The van der Waals surface area contributed by atoms with Crippen molar-refractivity contribution in [1.82, 2.24) is 5.32 Å². The maximum atomic E-state index is 12.9. The van der Waals surface area contributed by atoms with E-state index in [1.165, 1.54) is 0 Å². The van der Waals surface area contributed by atoms with E-state index >= 15 is 0 Å². The summed E-state index contributed by atoms with van der Waals surface area (Å²) in [7, 11) is -3.91. The molecule has 2 aromatic carbocycles. The van der Waals surface area contributed by atoms with Crippen LogP contribution >= 0.6 is 7.60 Å². The van der Waals surface area contributed by atoms with E-state index in [1.54, 1.807) is 31.2 Å². The van der Waals surface area contributed by atoms with Gasteiger partial charge in [0.05, 0.1) is 13.2 Å². The van der Waals surface area contributed by atoms with Gasteiger partial charge in [0.1, 0.15) is 6.29 Å². The summed E-state index contributed by atoms with van der Waals surface area (Å²) in [5, 5.41) is 2.65. The van der Waals surface area contributed by atoms with Gasteiger partial charge in [0.2, 0.25) is 0 Å². The lowest BCUT2D eigenvalue weighted by molar-refractivity contribution is -0.171. The van der Waals surface area contributed by atoms with E-state index < -0.39 is 13.6 Å². The highest BCUT2D eigenvalue weighted by Gasteiger charge is 2.30. The lowest BCUT2D eigenvalue weighted by atomic mass is 10.2. The van der Waals surface area contributed by atoms with Gasteiger partial charge in [-0.1, -0.05) is 44.7 Å². The molecule has 0 saturated heterocycles. The van der Waals surface area contributed by atoms with Crippen LogP contribution in [-0.4, -0.2) is 25.4 Å². The summed E-state index contributed by atoms with van der Waals surface area (Å²) in [5.74, 6) is 0.193. The topological polar surface area (TPSA) is 92.3 Å². The van der Waals surface area contributed by atoms with Gasteiger partial charge in [0.15, 0.2) is 11.5 Å². The van der Waals surface area contributed by atoms with Crippen LogP contribution in [0, 0.1) is 13.8 Å². The maximum Gasteiger partial charge on any atom is 0.418 e. The van der Waals surface area contributed by atoms with Crippen molar-refractivity contribution >= 4 is 13.6 Å². The Morgan fingerprint density at radius 1 is 0.893 bits per heavy atom. The van der Waals surface area contributed by atoms with Crippen LogP contribution in [0.5, 0.6) is 11.5 Å². The molecule has 0 spiro atoms. The molecule has 0 aliphatic heterocycles. The van der Waals surface area contributed by atoms with Crippen LogP contribution in [0.1, 0.15) is 18.1 Å². The van der Waals surface area contributed by atoms with Crippen molar-refractivity contribution < 1.29 is 33.2 Å². The third kappa shape index (κ3) is 7.70. The smallest absolute Gasteiger partial charge is 0.418 e. The number of rotatable bonds is 11.